The number of ether oxygens (including phenoxy) is 1. The number of hydrogen-bond acceptors (Lipinski definition) is 4. The van der Waals surface area contributed by atoms with Crippen molar-refractivity contribution >= 4 is 23.3 Å². The van der Waals surface area contributed by atoms with Crippen molar-refractivity contribution in [2.75, 3.05) is 5.32 Å². The lowest BCUT2D eigenvalue weighted by atomic mass is 9.95. The highest BCUT2D eigenvalue weighted by atomic mass is 19.1. The standard InChI is InChI=1S/C21H22FNO4/c1-13(27-19(25)15-6-5-7-16(22)12-15)18(24)14-8-10-17(11-9-14)23-20(26)21(2,3)4/h5-13H,1-4H3,(H,23,26)/t13-/m1/s1. The first kappa shape index (κ1) is 20.3. The zero-order valence-electron chi connectivity index (χ0n) is 15.7. The van der Waals surface area contributed by atoms with Gasteiger partial charge in [-0.15, -0.1) is 0 Å². The highest BCUT2D eigenvalue weighted by Crippen LogP contribution is 2.18. The maximum atomic E-state index is 13.2. The van der Waals surface area contributed by atoms with Gasteiger partial charge in [0.15, 0.2) is 6.10 Å². The molecule has 0 aromatic heterocycles. The molecular formula is C21H22FNO4. The monoisotopic (exact) mass is 371 g/mol. The van der Waals surface area contributed by atoms with E-state index in [9.17, 15) is 18.8 Å². The van der Waals surface area contributed by atoms with Crippen LogP contribution in [0.15, 0.2) is 48.5 Å². The van der Waals surface area contributed by atoms with Gasteiger partial charge in [0.2, 0.25) is 11.7 Å². The van der Waals surface area contributed by atoms with Crippen LogP contribution in [0.25, 0.3) is 0 Å². The number of anilines is 1. The molecule has 1 N–H and O–H groups in total. The first-order chi connectivity index (χ1) is 12.6. The van der Waals surface area contributed by atoms with E-state index in [0.29, 0.717) is 11.3 Å². The van der Waals surface area contributed by atoms with Crippen LogP contribution in [-0.2, 0) is 9.53 Å². The predicted molar refractivity (Wildman–Crippen MR) is 100 cm³/mol. The summed E-state index contributed by atoms with van der Waals surface area (Å²) in [6.45, 7) is 6.85. The largest absolute Gasteiger partial charge is 0.451 e. The number of rotatable bonds is 5. The zero-order valence-corrected chi connectivity index (χ0v) is 15.7. The summed E-state index contributed by atoms with van der Waals surface area (Å²) in [5, 5.41) is 2.77. The second-order valence-electron chi connectivity index (χ2n) is 7.20. The van der Waals surface area contributed by atoms with Crippen molar-refractivity contribution in [2.24, 2.45) is 5.41 Å². The molecule has 0 bridgehead atoms. The molecule has 2 aromatic carbocycles. The van der Waals surface area contributed by atoms with Gasteiger partial charge in [-0.2, -0.15) is 0 Å². The van der Waals surface area contributed by atoms with E-state index in [-0.39, 0.29) is 11.5 Å². The van der Waals surface area contributed by atoms with Gasteiger partial charge in [-0.3, -0.25) is 9.59 Å². The van der Waals surface area contributed by atoms with Crippen LogP contribution in [-0.4, -0.2) is 23.8 Å². The Morgan fingerprint density at radius 3 is 2.19 bits per heavy atom. The van der Waals surface area contributed by atoms with Crippen molar-refractivity contribution in [1.29, 1.82) is 0 Å². The number of esters is 1. The molecule has 0 saturated carbocycles. The molecule has 27 heavy (non-hydrogen) atoms. The van der Waals surface area contributed by atoms with Gasteiger partial charge in [0.05, 0.1) is 5.56 Å². The van der Waals surface area contributed by atoms with Crippen molar-refractivity contribution in [3.8, 4) is 0 Å². The lowest BCUT2D eigenvalue weighted by Gasteiger charge is -2.18. The number of amides is 1. The number of ketones is 1. The van der Waals surface area contributed by atoms with Crippen LogP contribution >= 0.6 is 0 Å². The second-order valence-corrected chi connectivity index (χ2v) is 7.20. The van der Waals surface area contributed by atoms with Gasteiger partial charge in [-0.25, -0.2) is 9.18 Å². The molecule has 0 unspecified atom stereocenters. The van der Waals surface area contributed by atoms with Gasteiger partial charge in [-0.05, 0) is 49.4 Å². The fraction of sp³-hybridized carbons (Fsp3) is 0.286. The summed E-state index contributed by atoms with van der Waals surface area (Å²) in [4.78, 5) is 36.4. The minimum Gasteiger partial charge on any atom is -0.451 e. The predicted octanol–water partition coefficient (Wildman–Crippen LogP) is 4.24. The number of carbonyl (C=O) groups excluding carboxylic acids is 3. The molecule has 2 rings (SSSR count). The number of Topliss-reactive ketones (excluding diaryl/α,β-unsaturated/α-hetero) is 1. The van der Waals surface area contributed by atoms with Crippen molar-refractivity contribution in [3.05, 3.63) is 65.5 Å². The highest BCUT2D eigenvalue weighted by molar-refractivity contribution is 6.02. The lowest BCUT2D eigenvalue weighted by Crippen LogP contribution is -2.27. The molecule has 142 valence electrons. The van der Waals surface area contributed by atoms with Crippen LogP contribution in [0.2, 0.25) is 0 Å². The average molecular weight is 371 g/mol. The Hall–Kier alpha value is -3.02. The number of hydrogen-bond donors (Lipinski definition) is 1. The van der Waals surface area contributed by atoms with E-state index in [1.54, 1.807) is 45.0 Å². The van der Waals surface area contributed by atoms with Crippen molar-refractivity contribution in [1.82, 2.24) is 0 Å². The summed E-state index contributed by atoms with van der Waals surface area (Å²) in [5.74, 6) is -1.87. The lowest BCUT2D eigenvalue weighted by molar-refractivity contribution is -0.123. The molecule has 0 saturated heterocycles. The molecule has 0 aliphatic heterocycles. The van der Waals surface area contributed by atoms with Gasteiger partial charge in [0.1, 0.15) is 5.82 Å². The van der Waals surface area contributed by atoms with Crippen LogP contribution in [0.4, 0.5) is 10.1 Å². The Balaban J connectivity index is 2.02. The Labute approximate surface area is 157 Å². The van der Waals surface area contributed by atoms with Crippen molar-refractivity contribution in [2.45, 2.75) is 33.8 Å². The van der Waals surface area contributed by atoms with E-state index in [4.69, 9.17) is 4.74 Å². The molecule has 0 spiro atoms. The molecule has 6 heteroatoms. The maximum absolute atomic E-state index is 13.2. The van der Waals surface area contributed by atoms with Crippen LogP contribution in [0.1, 0.15) is 48.4 Å². The van der Waals surface area contributed by atoms with E-state index < -0.39 is 29.1 Å². The highest BCUT2D eigenvalue weighted by Gasteiger charge is 2.22. The summed E-state index contributed by atoms with van der Waals surface area (Å²) in [6.07, 6.45) is -1.03. The van der Waals surface area contributed by atoms with E-state index >= 15 is 0 Å². The summed E-state index contributed by atoms with van der Waals surface area (Å²) in [6, 6.07) is 11.4. The summed E-state index contributed by atoms with van der Waals surface area (Å²) in [7, 11) is 0. The Morgan fingerprint density at radius 2 is 1.63 bits per heavy atom. The van der Waals surface area contributed by atoms with E-state index in [1.165, 1.54) is 25.1 Å². The third-order valence-electron chi connectivity index (χ3n) is 3.82. The molecule has 1 atom stereocenters. The third-order valence-corrected chi connectivity index (χ3v) is 3.82. The zero-order chi connectivity index (χ0) is 20.2. The number of halogens is 1. The van der Waals surface area contributed by atoms with Gasteiger partial charge < -0.3 is 10.1 Å². The fourth-order valence-corrected chi connectivity index (χ4v) is 2.17. The second kappa shape index (κ2) is 8.12. The SMILES string of the molecule is C[C@@H](OC(=O)c1cccc(F)c1)C(=O)c1ccc(NC(=O)C(C)(C)C)cc1. The first-order valence-corrected chi connectivity index (χ1v) is 8.50. The van der Waals surface area contributed by atoms with Gasteiger partial charge in [0, 0.05) is 16.7 Å². The molecule has 0 heterocycles. The van der Waals surface area contributed by atoms with Gasteiger partial charge >= 0.3 is 5.97 Å². The third kappa shape index (κ3) is 5.48. The fourth-order valence-electron chi connectivity index (χ4n) is 2.17. The molecular weight excluding hydrogens is 349 g/mol. The Morgan fingerprint density at radius 1 is 1.00 bits per heavy atom. The molecule has 0 aliphatic carbocycles. The molecule has 1 amide bonds. The summed E-state index contributed by atoms with van der Waals surface area (Å²) < 4.78 is 18.3. The van der Waals surface area contributed by atoms with Crippen LogP contribution < -0.4 is 5.32 Å². The number of carbonyl (C=O) groups is 3. The van der Waals surface area contributed by atoms with Gasteiger partial charge in [-0.1, -0.05) is 26.8 Å². The van der Waals surface area contributed by atoms with E-state index in [1.807, 2.05) is 0 Å². The normalized spacial score (nSPS) is 12.2. The van der Waals surface area contributed by atoms with E-state index in [0.717, 1.165) is 6.07 Å². The van der Waals surface area contributed by atoms with E-state index in [2.05, 4.69) is 5.32 Å². The van der Waals surface area contributed by atoms with Gasteiger partial charge in [0.25, 0.3) is 0 Å². The quantitative estimate of drug-likeness (QED) is 0.630. The summed E-state index contributed by atoms with van der Waals surface area (Å²) >= 11 is 0. The molecule has 2 aromatic rings. The van der Waals surface area contributed by atoms with Crippen molar-refractivity contribution < 1.29 is 23.5 Å². The van der Waals surface area contributed by atoms with Crippen LogP contribution in [0.3, 0.4) is 0 Å². The molecule has 0 aliphatic rings. The maximum Gasteiger partial charge on any atom is 0.338 e. The minimum atomic E-state index is -1.03. The first-order valence-electron chi connectivity index (χ1n) is 8.50. The Kier molecular flexibility index (Phi) is 6.10. The smallest absolute Gasteiger partial charge is 0.338 e. The average Bonchev–Trinajstić information content (AvgIpc) is 2.60. The molecule has 0 radical (unpaired) electrons. The topological polar surface area (TPSA) is 72.5 Å². The molecule has 5 nitrogen and oxygen atoms in total. The minimum absolute atomic E-state index is 0.0369. The number of nitrogens with one attached hydrogen (secondary N) is 1. The molecule has 0 fully saturated rings. The summed E-state index contributed by atoms with van der Waals surface area (Å²) in [5.41, 5.74) is 0.405. The number of benzene rings is 2. The van der Waals surface area contributed by atoms with Crippen molar-refractivity contribution in [3.63, 3.8) is 0 Å². The van der Waals surface area contributed by atoms with Crippen LogP contribution in [0.5, 0.6) is 0 Å². The Bertz CT molecular complexity index is 853. The van der Waals surface area contributed by atoms with Crippen LogP contribution in [0, 0.1) is 11.2 Å².